The van der Waals surface area contributed by atoms with Crippen molar-refractivity contribution in [3.8, 4) is 11.5 Å². The third-order valence-electron chi connectivity index (χ3n) is 4.95. The van der Waals surface area contributed by atoms with E-state index < -0.39 is 10.8 Å². The van der Waals surface area contributed by atoms with Crippen LogP contribution in [0.15, 0.2) is 53.4 Å². The van der Waals surface area contributed by atoms with Crippen molar-refractivity contribution in [1.29, 1.82) is 0 Å². The first-order valence-corrected chi connectivity index (χ1v) is 10.6. The van der Waals surface area contributed by atoms with Gasteiger partial charge in [0.1, 0.15) is 11.5 Å². The maximum atomic E-state index is 12.4. The number of nitrogens with zero attached hydrogens (tertiary/aromatic N) is 2. The Balaban J connectivity index is 1.47. The number of hydrogen-bond acceptors (Lipinski definition) is 5. The van der Waals surface area contributed by atoms with Gasteiger partial charge in [0.25, 0.3) is 0 Å². The predicted molar refractivity (Wildman–Crippen MR) is 109 cm³/mol. The summed E-state index contributed by atoms with van der Waals surface area (Å²) < 4.78 is 23.2. The molecule has 2 aromatic rings. The fourth-order valence-electron chi connectivity index (χ4n) is 3.32. The number of piperazine rings is 1. The Kier molecular flexibility index (Phi) is 7.26. The first kappa shape index (κ1) is 19.9. The SMILES string of the molecule is COc1ccc(OC)c(CN2CCN(CCS(=O)c3ccccc3)CC2)c1. The molecule has 1 atom stereocenters. The second-order valence-electron chi connectivity index (χ2n) is 6.66. The number of hydrogen-bond donors (Lipinski definition) is 0. The molecule has 1 saturated heterocycles. The van der Waals surface area contributed by atoms with Crippen LogP contribution in [-0.2, 0) is 17.3 Å². The van der Waals surface area contributed by atoms with Crippen LogP contribution >= 0.6 is 0 Å². The smallest absolute Gasteiger partial charge is 0.123 e. The van der Waals surface area contributed by atoms with Crippen LogP contribution in [0, 0.1) is 0 Å². The van der Waals surface area contributed by atoms with Crippen LogP contribution < -0.4 is 9.47 Å². The summed E-state index contributed by atoms with van der Waals surface area (Å²) in [5, 5.41) is 0. The predicted octanol–water partition coefficient (Wildman–Crippen LogP) is 2.63. The number of benzene rings is 2. The highest BCUT2D eigenvalue weighted by Crippen LogP contribution is 2.25. The lowest BCUT2D eigenvalue weighted by Crippen LogP contribution is -2.46. The van der Waals surface area contributed by atoms with E-state index in [1.807, 2.05) is 48.5 Å². The molecule has 0 amide bonds. The summed E-state index contributed by atoms with van der Waals surface area (Å²) in [6.45, 7) is 5.72. The van der Waals surface area contributed by atoms with Crippen molar-refractivity contribution in [2.45, 2.75) is 11.4 Å². The molecule has 27 heavy (non-hydrogen) atoms. The van der Waals surface area contributed by atoms with Crippen LogP contribution in [0.2, 0.25) is 0 Å². The largest absolute Gasteiger partial charge is 0.497 e. The number of rotatable bonds is 8. The number of ether oxygens (including phenoxy) is 2. The monoisotopic (exact) mass is 388 g/mol. The lowest BCUT2D eigenvalue weighted by molar-refractivity contribution is 0.131. The van der Waals surface area contributed by atoms with E-state index in [1.54, 1.807) is 14.2 Å². The van der Waals surface area contributed by atoms with Gasteiger partial charge in [0.05, 0.1) is 25.0 Å². The molecule has 0 spiro atoms. The van der Waals surface area contributed by atoms with Crippen LogP contribution in [0.4, 0.5) is 0 Å². The van der Waals surface area contributed by atoms with Crippen LogP contribution in [-0.4, -0.2) is 66.7 Å². The van der Waals surface area contributed by atoms with Crippen molar-refractivity contribution in [2.24, 2.45) is 0 Å². The molecule has 146 valence electrons. The van der Waals surface area contributed by atoms with Gasteiger partial charge in [0, 0.05) is 55.5 Å². The second-order valence-corrected chi connectivity index (χ2v) is 8.23. The Morgan fingerprint density at radius 1 is 0.926 bits per heavy atom. The summed E-state index contributed by atoms with van der Waals surface area (Å²) in [5.74, 6) is 2.44. The van der Waals surface area contributed by atoms with E-state index >= 15 is 0 Å². The molecule has 3 rings (SSSR count). The molecule has 1 unspecified atom stereocenters. The first-order chi connectivity index (χ1) is 13.2. The molecule has 6 heteroatoms. The standard InChI is InChI=1S/C21H28N2O3S/c1-25-19-8-9-21(26-2)18(16-19)17-23-12-10-22(11-13-23)14-15-27(24)20-6-4-3-5-7-20/h3-9,16H,10-15,17H2,1-2H3. The molecule has 1 fully saturated rings. The highest BCUT2D eigenvalue weighted by molar-refractivity contribution is 7.85. The Morgan fingerprint density at radius 3 is 2.30 bits per heavy atom. The summed E-state index contributed by atoms with van der Waals surface area (Å²) in [7, 11) is 2.47. The van der Waals surface area contributed by atoms with Crippen molar-refractivity contribution in [3.05, 3.63) is 54.1 Å². The molecule has 0 bridgehead atoms. The molecule has 0 radical (unpaired) electrons. The van der Waals surface area contributed by atoms with Crippen molar-refractivity contribution in [1.82, 2.24) is 9.80 Å². The molecular weight excluding hydrogens is 360 g/mol. The molecule has 2 aromatic carbocycles. The Hall–Kier alpha value is -1.89. The quantitative estimate of drug-likeness (QED) is 0.695. The van der Waals surface area contributed by atoms with E-state index in [0.29, 0.717) is 5.75 Å². The molecule has 0 saturated carbocycles. The second kappa shape index (κ2) is 9.88. The fourth-order valence-corrected chi connectivity index (χ4v) is 4.44. The molecule has 1 heterocycles. The van der Waals surface area contributed by atoms with Gasteiger partial charge in [-0.15, -0.1) is 0 Å². The van der Waals surface area contributed by atoms with Gasteiger partial charge >= 0.3 is 0 Å². The summed E-state index contributed by atoms with van der Waals surface area (Å²) >= 11 is 0. The van der Waals surface area contributed by atoms with E-state index in [4.69, 9.17) is 9.47 Å². The van der Waals surface area contributed by atoms with Crippen LogP contribution in [0.5, 0.6) is 11.5 Å². The van der Waals surface area contributed by atoms with Gasteiger partial charge in [0.15, 0.2) is 0 Å². The van der Waals surface area contributed by atoms with Gasteiger partial charge in [-0.1, -0.05) is 18.2 Å². The Bertz CT molecular complexity index is 746. The van der Waals surface area contributed by atoms with Gasteiger partial charge < -0.3 is 9.47 Å². The molecular formula is C21H28N2O3S. The lowest BCUT2D eigenvalue weighted by Gasteiger charge is -2.34. The number of methoxy groups -OCH3 is 2. The van der Waals surface area contributed by atoms with Crippen molar-refractivity contribution >= 4 is 10.8 Å². The van der Waals surface area contributed by atoms with E-state index in [2.05, 4.69) is 9.80 Å². The van der Waals surface area contributed by atoms with E-state index in [9.17, 15) is 4.21 Å². The van der Waals surface area contributed by atoms with Gasteiger partial charge in [-0.3, -0.25) is 14.0 Å². The zero-order chi connectivity index (χ0) is 19.1. The van der Waals surface area contributed by atoms with Crippen molar-refractivity contribution in [3.63, 3.8) is 0 Å². The van der Waals surface area contributed by atoms with Gasteiger partial charge in [-0.05, 0) is 30.3 Å². The topological polar surface area (TPSA) is 42.0 Å². The molecule has 0 N–H and O–H groups in total. The summed E-state index contributed by atoms with van der Waals surface area (Å²) in [6.07, 6.45) is 0. The van der Waals surface area contributed by atoms with Crippen molar-refractivity contribution in [2.75, 3.05) is 52.7 Å². The summed E-state index contributed by atoms with van der Waals surface area (Å²) in [5.41, 5.74) is 1.15. The van der Waals surface area contributed by atoms with E-state index in [0.717, 1.165) is 61.2 Å². The molecule has 1 aliphatic heterocycles. The first-order valence-electron chi connectivity index (χ1n) is 9.28. The highest BCUT2D eigenvalue weighted by atomic mass is 32.2. The maximum absolute atomic E-state index is 12.4. The molecule has 0 aliphatic carbocycles. The van der Waals surface area contributed by atoms with Gasteiger partial charge in [0.2, 0.25) is 0 Å². The fraction of sp³-hybridized carbons (Fsp3) is 0.429. The zero-order valence-corrected chi connectivity index (χ0v) is 16.9. The highest BCUT2D eigenvalue weighted by Gasteiger charge is 2.19. The molecule has 1 aliphatic rings. The van der Waals surface area contributed by atoms with Crippen LogP contribution in [0.1, 0.15) is 5.56 Å². The van der Waals surface area contributed by atoms with Crippen molar-refractivity contribution < 1.29 is 13.7 Å². The maximum Gasteiger partial charge on any atom is 0.123 e. The van der Waals surface area contributed by atoms with Crippen LogP contribution in [0.3, 0.4) is 0 Å². The minimum Gasteiger partial charge on any atom is -0.497 e. The third-order valence-corrected chi connectivity index (χ3v) is 6.30. The normalized spacial score (nSPS) is 16.8. The minimum atomic E-state index is -0.919. The molecule has 5 nitrogen and oxygen atoms in total. The van der Waals surface area contributed by atoms with E-state index in [1.165, 1.54) is 0 Å². The van der Waals surface area contributed by atoms with E-state index in [-0.39, 0.29) is 0 Å². The van der Waals surface area contributed by atoms with Gasteiger partial charge in [-0.2, -0.15) is 0 Å². The zero-order valence-electron chi connectivity index (χ0n) is 16.1. The third kappa shape index (κ3) is 5.54. The average Bonchev–Trinajstić information content (AvgIpc) is 2.73. The van der Waals surface area contributed by atoms with Crippen LogP contribution in [0.25, 0.3) is 0 Å². The molecule has 0 aromatic heterocycles. The lowest BCUT2D eigenvalue weighted by atomic mass is 10.1. The minimum absolute atomic E-state index is 0.688. The summed E-state index contributed by atoms with van der Waals surface area (Å²) in [6, 6.07) is 15.7. The average molecular weight is 389 g/mol. The Morgan fingerprint density at radius 2 is 1.63 bits per heavy atom. The van der Waals surface area contributed by atoms with Gasteiger partial charge in [-0.25, -0.2) is 0 Å². The Labute approximate surface area is 164 Å². The summed E-state index contributed by atoms with van der Waals surface area (Å²) in [4.78, 5) is 5.75.